The molecule has 2 unspecified atom stereocenters. The SMILES string of the molecule is CC(O)COC(=O)/C=C/C(=O)OC(C)CO. The first kappa shape index (κ1) is 14.6. The minimum absolute atomic E-state index is 0.134. The van der Waals surface area contributed by atoms with Crippen LogP contribution < -0.4 is 0 Å². The highest BCUT2D eigenvalue weighted by atomic mass is 16.6. The van der Waals surface area contributed by atoms with Crippen LogP contribution in [0, 0.1) is 0 Å². The Morgan fingerprint density at radius 1 is 1.25 bits per heavy atom. The van der Waals surface area contributed by atoms with Crippen LogP contribution in [-0.2, 0) is 19.1 Å². The third-order valence-electron chi connectivity index (χ3n) is 1.40. The lowest BCUT2D eigenvalue weighted by Gasteiger charge is -2.07. The minimum Gasteiger partial charge on any atom is -0.460 e. The summed E-state index contributed by atoms with van der Waals surface area (Å²) in [5.41, 5.74) is 0. The van der Waals surface area contributed by atoms with Gasteiger partial charge in [-0.3, -0.25) is 0 Å². The van der Waals surface area contributed by atoms with E-state index < -0.39 is 24.1 Å². The molecular weight excluding hydrogens is 216 g/mol. The zero-order valence-corrected chi connectivity index (χ0v) is 9.25. The number of hydrogen-bond donors (Lipinski definition) is 2. The van der Waals surface area contributed by atoms with Crippen LogP contribution in [0.1, 0.15) is 13.8 Å². The van der Waals surface area contributed by atoms with Gasteiger partial charge in [0.2, 0.25) is 0 Å². The summed E-state index contributed by atoms with van der Waals surface area (Å²) in [5, 5.41) is 17.4. The zero-order chi connectivity index (χ0) is 12.6. The van der Waals surface area contributed by atoms with Crippen molar-refractivity contribution < 1.29 is 29.3 Å². The van der Waals surface area contributed by atoms with E-state index in [4.69, 9.17) is 10.2 Å². The van der Waals surface area contributed by atoms with E-state index >= 15 is 0 Å². The van der Waals surface area contributed by atoms with Crippen LogP contribution in [0.15, 0.2) is 12.2 Å². The summed E-state index contributed by atoms with van der Waals surface area (Å²) in [5.74, 6) is -1.48. The molecule has 0 aromatic heterocycles. The Labute approximate surface area is 93.5 Å². The van der Waals surface area contributed by atoms with E-state index in [9.17, 15) is 9.59 Å². The van der Waals surface area contributed by atoms with Gasteiger partial charge in [-0.2, -0.15) is 0 Å². The van der Waals surface area contributed by atoms with E-state index in [0.29, 0.717) is 0 Å². The Bertz CT molecular complexity index is 258. The molecule has 0 aromatic carbocycles. The number of hydrogen-bond acceptors (Lipinski definition) is 6. The molecule has 0 aromatic rings. The van der Waals surface area contributed by atoms with Crippen LogP contribution >= 0.6 is 0 Å². The molecule has 0 rings (SSSR count). The molecule has 0 saturated carbocycles. The third-order valence-corrected chi connectivity index (χ3v) is 1.40. The van der Waals surface area contributed by atoms with Crippen LogP contribution in [0.2, 0.25) is 0 Å². The van der Waals surface area contributed by atoms with Gasteiger partial charge < -0.3 is 19.7 Å². The highest BCUT2D eigenvalue weighted by Crippen LogP contribution is 1.92. The molecule has 0 bridgehead atoms. The summed E-state index contributed by atoms with van der Waals surface area (Å²) in [6.45, 7) is 2.56. The van der Waals surface area contributed by atoms with Gasteiger partial charge in [0.05, 0.1) is 12.7 Å². The number of aliphatic hydroxyl groups is 2. The fourth-order valence-electron chi connectivity index (χ4n) is 0.662. The van der Waals surface area contributed by atoms with E-state index in [2.05, 4.69) is 9.47 Å². The average Bonchev–Trinajstić information content (AvgIpc) is 2.23. The van der Waals surface area contributed by atoms with Crippen molar-refractivity contribution in [1.29, 1.82) is 0 Å². The molecule has 0 heterocycles. The molecule has 0 amide bonds. The van der Waals surface area contributed by atoms with Crippen LogP contribution in [0.4, 0.5) is 0 Å². The van der Waals surface area contributed by atoms with Gasteiger partial charge in [0.1, 0.15) is 12.7 Å². The van der Waals surface area contributed by atoms with E-state index in [-0.39, 0.29) is 13.2 Å². The Kier molecular flexibility index (Phi) is 7.15. The lowest BCUT2D eigenvalue weighted by molar-refractivity contribution is -0.145. The monoisotopic (exact) mass is 232 g/mol. The lowest BCUT2D eigenvalue weighted by atomic mass is 10.4. The number of aliphatic hydroxyl groups excluding tert-OH is 2. The van der Waals surface area contributed by atoms with E-state index in [0.717, 1.165) is 12.2 Å². The highest BCUT2D eigenvalue weighted by molar-refractivity contribution is 5.91. The van der Waals surface area contributed by atoms with Crippen molar-refractivity contribution in [3.8, 4) is 0 Å². The molecule has 0 aliphatic rings. The second-order valence-corrected chi connectivity index (χ2v) is 3.24. The first-order valence-electron chi connectivity index (χ1n) is 4.80. The van der Waals surface area contributed by atoms with Crippen LogP contribution in [0.3, 0.4) is 0 Å². The number of esters is 2. The van der Waals surface area contributed by atoms with Crippen molar-refractivity contribution in [3.63, 3.8) is 0 Å². The topological polar surface area (TPSA) is 93.1 Å². The standard InChI is InChI=1S/C10H16O6/c1-7(12)6-15-9(13)3-4-10(14)16-8(2)5-11/h3-4,7-8,11-12H,5-6H2,1-2H3/b4-3+. The van der Waals surface area contributed by atoms with Crippen LogP contribution in [-0.4, -0.2) is 47.6 Å². The van der Waals surface area contributed by atoms with Crippen molar-refractivity contribution in [2.45, 2.75) is 26.1 Å². The van der Waals surface area contributed by atoms with Crippen molar-refractivity contribution in [2.75, 3.05) is 13.2 Å². The maximum atomic E-state index is 11.0. The Morgan fingerprint density at radius 3 is 2.31 bits per heavy atom. The normalized spacial score (nSPS) is 14.5. The molecule has 0 aliphatic heterocycles. The quantitative estimate of drug-likeness (QED) is 0.469. The molecule has 0 radical (unpaired) electrons. The minimum atomic E-state index is -0.751. The molecular formula is C10H16O6. The molecule has 2 atom stereocenters. The second-order valence-electron chi connectivity index (χ2n) is 3.24. The first-order valence-corrected chi connectivity index (χ1v) is 4.80. The smallest absolute Gasteiger partial charge is 0.331 e. The van der Waals surface area contributed by atoms with Crippen molar-refractivity contribution >= 4 is 11.9 Å². The number of ether oxygens (including phenoxy) is 2. The predicted molar refractivity (Wildman–Crippen MR) is 54.4 cm³/mol. The summed E-state index contributed by atoms with van der Waals surface area (Å²) >= 11 is 0. The van der Waals surface area contributed by atoms with Gasteiger partial charge in [-0.25, -0.2) is 9.59 Å². The van der Waals surface area contributed by atoms with Gasteiger partial charge in [-0.1, -0.05) is 0 Å². The van der Waals surface area contributed by atoms with Crippen molar-refractivity contribution in [2.24, 2.45) is 0 Å². The lowest BCUT2D eigenvalue weighted by Crippen LogP contribution is -2.17. The van der Waals surface area contributed by atoms with E-state index in [1.165, 1.54) is 13.8 Å². The number of carbonyl (C=O) groups excluding carboxylic acids is 2. The number of carbonyl (C=O) groups is 2. The Balaban J connectivity index is 3.89. The molecule has 0 fully saturated rings. The molecule has 2 N–H and O–H groups in total. The third kappa shape index (κ3) is 7.95. The summed E-state index contributed by atoms with van der Waals surface area (Å²) in [6.07, 6.45) is 0.426. The van der Waals surface area contributed by atoms with E-state index in [1.807, 2.05) is 0 Å². The largest absolute Gasteiger partial charge is 0.460 e. The van der Waals surface area contributed by atoms with Crippen molar-refractivity contribution in [1.82, 2.24) is 0 Å². The fraction of sp³-hybridized carbons (Fsp3) is 0.600. The molecule has 0 saturated heterocycles. The molecule has 6 heteroatoms. The molecule has 6 nitrogen and oxygen atoms in total. The van der Waals surface area contributed by atoms with Gasteiger partial charge in [-0.05, 0) is 13.8 Å². The Morgan fingerprint density at radius 2 is 1.81 bits per heavy atom. The summed E-state index contributed by atoms with van der Waals surface area (Å²) < 4.78 is 9.19. The van der Waals surface area contributed by atoms with Gasteiger partial charge in [-0.15, -0.1) is 0 Å². The average molecular weight is 232 g/mol. The summed E-state index contributed by atoms with van der Waals surface area (Å²) in [7, 11) is 0. The molecule has 0 aliphatic carbocycles. The first-order chi connectivity index (χ1) is 7.45. The highest BCUT2D eigenvalue weighted by Gasteiger charge is 2.06. The maximum absolute atomic E-state index is 11.0. The maximum Gasteiger partial charge on any atom is 0.331 e. The van der Waals surface area contributed by atoms with Crippen molar-refractivity contribution in [3.05, 3.63) is 12.2 Å². The molecule has 92 valence electrons. The predicted octanol–water partition coefficient (Wildman–Crippen LogP) is -0.609. The van der Waals surface area contributed by atoms with Gasteiger partial charge in [0.15, 0.2) is 0 Å². The fourth-order valence-corrected chi connectivity index (χ4v) is 0.662. The Hall–Kier alpha value is -1.40. The zero-order valence-electron chi connectivity index (χ0n) is 9.25. The van der Waals surface area contributed by atoms with E-state index in [1.54, 1.807) is 0 Å². The number of rotatable bonds is 6. The second kappa shape index (κ2) is 7.84. The summed E-state index contributed by atoms with van der Waals surface area (Å²) in [4.78, 5) is 21.9. The van der Waals surface area contributed by atoms with Gasteiger partial charge in [0.25, 0.3) is 0 Å². The molecule has 0 spiro atoms. The molecule has 16 heavy (non-hydrogen) atoms. The van der Waals surface area contributed by atoms with Crippen LogP contribution in [0.25, 0.3) is 0 Å². The van der Waals surface area contributed by atoms with Gasteiger partial charge in [0, 0.05) is 12.2 Å². The van der Waals surface area contributed by atoms with Gasteiger partial charge >= 0.3 is 11.9 Å². The summed E-state index contributed by atoms with van der Waals surface area (Å²) in [6, 6.07) is 0. The van der Waals surface area contributed by atoms with Crippen LogP contribution in [0.5, 0.6) is 0 Å².